The summed E-state index contributed by atoms with van der Waals surface area (Å²) in [4.78, 5) is 25.4. The maximum Gasteiger partial charge on any atom is 0.303 e. The Hall–Kier alpha value is -0.940. The van der Waals surface area contributed by atoms with Crippen LogP contribution in [0.25, 0.3) is 0 Å². The second kappa shape index (κ2) is 4.34. The Kier molecular flexibility index (Phi) is 3.39. The molecule has 0 aliphatic rings. The third kappa shape index (κ3) is 3.12. The SMILES string of the molecule is O=C(O)CCC(=O)c1cnc(Cl)s1. The molecule has 13 heavy (non-hydrogen) atoms. The predicted octanol–water partition coefficient (Wildman–Crippen LogP) is 1.84. The monoisotopic (exact) mass is 219 g/mol. The standard InChI is InChI=1S/C7H6ClNO3S/c8-7-9-3-5(13-7)4(10)1-2-6(11)12/h3H,1-2H2,(H,11,12). The van der Waals surface area contributed by atoms with E-state index in [0.29, 0.717) is 9.34 Å². The van der Waals surface area contributed by atoms with Crippen LogP contribution in [0.3, 0.4) is 0 Å². The van der Waals surface area contributed by atoms with Crippen molar-refractivity contribution in [1.82, 2.24) is 4.98 Å². The molecule has 1 aromatic rings. The average molecular weight is 220 g/mol. The lowest BCUT2D eigenvalue weighted by atomic mass is 10.2. The number of thiazole rings is 1. The number of carboxylic acid groups (broad SMARTS) is 1. The zero-order chi connectivity index (χ0) is 9.84. The molecule has 0 atom stereocenters. The zero-order valence-electron chi connectivity index (χ0n) is 6.49. The molecule has 1 heterocycles. The molecule has 0 aliphatic carbocycles. The van der Waals surface area contributed by atoms with Crippen molar-refractivity contribution in [2.45, 2.75) is 12.8 Å². The van der Waals surface area contributed by atoms with E-state index in [1.807, 2.05) is 0 Å². The second-order valence-electron chi connectivity index (χ2n) is 2.29. The Morgan fingerprint density at radius 2 is 2.23 bits per heavy atom. The van der Waals surface area contributed by atoms with E-state index < -0.39 is 5.97 Å². The molecule has 0 saturated heterocycles. The van der Waals surface area contributed by atoms with Gasteiger partial charge < -0.3 is 5.11 Å². The highest BCUT2D eigenvalue weighted by Crippen LogP contribution is 2.19. The minimum Gasteiger partial charge on any atom is -0.481 e. The van der Waals surface area contributed by atoms with Crippen LogP contribution >= 0.6 is 22.9 Å². The number of hydrogen-bond donors (Lipinski definition) is 1. The molecule has 0 aromatic carbocycles. The maximum absolute atomic E-state index is 11.2. The van der Waals surface area contributed by atoms with Gasteiger partial charge in [-0.1, -0.05) is 22.9 Å². The molecule has 1 N–H and O–H groups in total. The quantitative estimate of drug-likeness (QED) is 0.785. The predicted molar refractivity (Wildman–Crippen MR) is 48.3 cm³/mol. The van der Waals surface area contributed by atoms with E-state index in [-0.39, 0.29) is 18.6 Å². The molecule has 6 heteroatoms. The van der Waals surface area contributed by atoms with E-state index in [0.717, 1.165) is 11.3 Å². The summed E-state index contributed by atoms with van der Waals surface area (Å²) >= 11 is 6.57. The number of halogens is 1. The summed E-state index contributed by atoms with van der Waals surface area (Å²) in [5, 5.41) is 8.32. The molecule has 1 aromatic heterocycles. The van der Waals surface area contributed by atoms with Crippen molar-refractivity contribution in [2.24, 2.45) is 0 Å². The average Bonchev–Trinajstić information content (AvgIpc) is 2.47. The van der Waals surface area contributed by atoms with Crippen LogP contribution < -0.4 is 0 Å². The van der Waals surface area contributed by atoms with E-state index in [1.165, 1.54) is 6.20 Å². The van der Waals surface area contributed by atoms with Gasteiger partial charge in [-0.05, 0) is 0 Å². The van der Waals surface area contributed by atoms with Crippen LogP contribution in [0.1, 0.15) is 22.5 Å². The summed E-state index contributed by atoms with van der Waals surface area (Å²) in [6.07, 6.45) is 1.19. The summed E-state index contributed by atoms with van der Waals surface area (Å²) in [6, 6.07) is 0. The van der Waals surface area contributed by atoms with Gasteiger partial charge in [-0.2, -0.15) is 0 Å². The van der Waals surface area contributed by atoms with Gasteiger partial charge in [-0.25, -0.2) is 4.98 Å². The minimum absolute atomic E-state index is 0.00610. The van der Waals surface area contributed by atoms with Crippen molar-refractivity contribution >= 4 is 34.7 Å². The van der Waals surface area contributed by atoms with Crippen LogP contribution in [-0.4, -0.2) is 21.8 Å². The molecule has 1 rings (SSSR count). The van der Waals surface area contributed by atoms with Crippen LogP contribution in [0.4, 0.5) is 0 Å². The topological polar surface area (TPSA) is 67.3 Å². The Morgan fingerprint density at radius 1 is 1.54 bits per heavy atom. The number of hydrogen-bond acceptors (Lipinski definition) is 4. The molecule has 0 unspecified atom stereocenters. The fourth-order valence-corrected chi connectivity index (χ4v) is 1.63. The maximum atomic E-state index is 11.2. The van der Waals surface area contributed by atoms with Crippen molar-refractivity contribution in [1.29, 1.82) is 0 Å². The lowest BCUT2D eigenvalue weighted by Gasteiger charge is -1.92. The number of nitrogens with zero attached hydrogens (tertiary/aromatic N) is 1. The van der Waals surface area contributed by atoms with Crippen LogP contribution in [0.2, 0.25) is 4.47 Å². The van der Waals surface area contributed by atoms with Gasteiger partial charge in [0, 0.05) is 6.42 Å². The number of carboxylic acids is 1. The molecule has 0 aliphatic heterocycles. The molecule has 0 amide bonds. The largest absolute Gasteiger partial charge is 0.481 e. The highest BCUT2D eigenvalue weighted by Gasteiger charge is 2.11. The van der Waals surface area contributed by atoms with Gasteiger partial charge in [-0.15, -0.1) is 0 Å². The molecular weight excluding hydrogens is 214 g/mol. The third-order valence-electron chi connectivity index (χ3n) is 1.32. The summed E-state index contributed by atoms with van der Waals surface area (Å²) in [7, 11) is 0. The first kappa shape index (κ1) is 10.1. The molecule has 0 fully saturated rings. The molecule has 4 nitrogen and oxygen atoms in total. The van der Waals surface area contributed by atoms with Gasteiger partial charge in [0.15, 0.2) is 10.3 Å². The minimum atomic E-state index is -0.982. The number of ketones is 1. The number of aliphatic carboxylic acids is 1. The van der Waals surface area contributed by atoms with Gasteiger partial charge in [0.1, 0.15) is 0 Å². The Labute approximate surface area is 83.2 Å². The number of rotatable bonds is 4. The number of carbonyl (C=O) groups is 2. The van der Waals surface area contributed by atoms with Gasteiger partial charge in [-0.3, -0.25) is 9.59 Å². The van der Waals surface area contributed by atoms with Crippen LogP contribution in [0.15, 0.2) is 6.20 Å². The van der Waals surface area contributed by atoms with Crippen molar-refractivity contribution in [3.8, 4) is 0 Å². The van der Waals surface area contributed by atoms with E-state index >= 15 is 0 Å². The van der Waals surface area contributed by atoms with Gasteiger partial charge >= 0.3 is 5.97 Å². The lowest BCUT2D eigenvalue weighted by Crippen LogP contribution is -2.01. The summed E-state index contributed by atoms with van der Waals surface area (Å²) in [5.41, 5.74) is 0. The van der Waals surface area contributed by atoms with Gasteiger partial charge in [0.05, 0.1) is 17.5 Å². The molecule has 0 saturated carbocycles. The first-order valence-electron chi connectivity index (χ1n) is 3.46. The fourth-order valence-electron chi connectivity index (χ4n) is 0.725. The molecule has 0 spiro atoms. The van der Waals surface area contributed by atoms with Crippen LogP contribution in [0, 0.1) is 0 Å². The Morgan fingerprint density at radius 3 is 2.69 bits per heavy atom. The molecule has 70 valence electrons. The normalized spacial score (nSPS) is 9.92. The van der Waals surface area contributed by atoms with Crippen molar-refractivity contribution in [3.05, 3.63) is 15.5 Å². The van der Waals surface area contributed by atoms with E-state index in [1.54, 1.807) is 0 Å². The van der Waals surface area contributed by atoms with Crippen LogP contribution in [0.5, 0.6) is 0 Å². The Bertz CT molecular complexity index is 336. The summed E-state index contributed by atoms with van der Waals surface area (Å²) in [6.45, 7) is 0. The van der Waals surface area contributed by atoms with Crippen molar-refractivity contribution in [2.75, 3.05) is 0 Å². The lowest BCUT2D eigenvalue weighted by molar-refractivity contribution is -0.136. The van der Waals surface area contributed by atoms with E-state index in [4.69, 9.17) is 16.7 Å². The second-order valence-corrected chi connectivity index (χ2v) is 3.91. The number of aromatic nitrogens is 1. The highest BCUT2D eigenvalue weighted by atomic mass is 35.5. The Balaban J connectivity index is 2.54. The van der Waals surface area contributed by atoms with Gasteiger partial charge in [0.25, 0.3) is 0 Å². The summed E-state index contributed by atoms with van der Waals surface area (Å²) < 4.78 is 0.290. The molecular formula is C7H6ClNO3S. The number of Topliss-reactive ketones (excluding diaryl/α,β-unsaturated/α-hetero) is 1. The van der Waals surface area contributed by atoms with Crippen molar-refractivity contribution in [3.63, 3.8) is 0 Å². The summed E-state index contributed by atoms with van der Waals surface area (Å²) in [5.74, 6) is -1.21. The van der Waals surface area contributed by atoms with E-state index in [2.05, 4.69) is 4.98 Å². The van der Waals surface area contributed by atoms with E-state index in [9.17, 15) is 9.59 Å². The fraction of sp³-hybridized carbons (Fsp3) is 0.286. The third-order valence-corrected chi connectivity index (χ3v) is 2.47. The van der Waals surface area contributed by atoms with Crippen molar-refractivity contribution < 1.29 is 14.7 Å². The first-order valence-corrected chi connectivity index (χ1v) is 4.65. The molecule has 0 radical (unpaired) electrons. The molecule has 0 bridgehead atoms. The van der Waals surface area contributed by atoms with Crippen LogP contribution in [-0.2, 0) is 4.79 Å². The highest BCUT2D eigenvalue weighted by molar-refractivity contribution is 7.17. The smallest absolute Gasteiger partial charge is 0.303 e. The van der Waals surface area contributed by atoms with Gasteiger partial charge in [0.2, 0.25) is 0 Å². The number of carbonyl (C=O) groups excluding carboxylic acids is 1. The zero-order valence-corrected chi connectivity index (χ0v) is 8.06. The first-order chi connectivity index (χ1) is 6.09.